The van der Waals surface area contributed by atoms with Crippen LogP contribution in [0.5, 0.6) is 0 Å². The number of halogens is 1. The molecule has 0 aliphatic carbocycles. The number of hydrogen-bond donors (Lipinski definition) is 0. The molecule has 1 heterocycles. The highest BCUT2D eigenvalue weighted by Crippen LogP contribution is 2.29. The Bertz CT molecular complexity index is 183. The summed E-state index contributed by atoms with van der Waals surface area (Å²) in [4.78, 5) is 0. The third kappa shape index (κ3) is 2.32. The molecule has 0 radical (unpaired) electrons. The molecule has 0 fully saturated rings. The van der Waals surface area contributed by atoms with E-state index in [1.807, 2.05) is 11.8 Å². The summed E-state index contributed by atoms with van der Waals surface area (Å²) in [5, 5.41) is 0. The maximum Gasteiger partial charge on any atom is 0.0710 e. The number of hydrogen-bond acceptors (Lipinski definition) is 2. The third-order valence-corrected chi connectivity index (χ3v) is 3.57. The fraction of sp³-hybridized carbons (Fsp3) is 0.333. The smallest absolute Gasteiger partial charge is 0.0710 e. The van der Waals surface area contributed by atoms with Crippen LogP contribution in [0.2, 0.25) is 0 Å². The van der Waals surface area contributed by atoms with Crippen molar-refractivity contribution in [1.29, 1.82) is 0 Å². The summed E-state index contributed by atoms with van der Waals surface area (Å²) >= 11 is 7.08. The van der Waals surface area contributed by atoms with E-state index < -0.39 is 0 Å². The first-order chi connectivity index (χ1) is 4.33. The molecule has 0 spiro atoms. The molecule has 1 rings (SSSR count). The van der Waals surface area contributed by atoms with Crippen molar-refractivity contribution < 1.29 is 0 Å². The lowest BCUT2D eigenvalue weighted by molar-refractivity contribution is 1.51. The Morgan fingerprint density at radius 2 is 2.44 bits per heavy atom. The zero-order chi connectivity index (χ0) is 6.69. The highest BCUT2D eigenvalue weighted by atomic mass is 79.9. The van der Waals surface area contributed by atoms with E-state index in [0.29, 0.717) is 0 Å². The molecule has 0 atom stereocenters. The van der Waals surface area contributed by atoms with Gasteiger partial charge >= 0.3 is 0 Å². The molecule has 0 unspecified atom stereocenters. The predicted molar refractivity (Wildman–Crippen MR) is 48.4 cm³/mol. The van der Waals surface area contributed by atoms with Crippen LogP contribution in [0.1, 0.15) is 6.92 Å². The van der Waals surface area contributed by atoms with E-state index in [1.165, 1.54) is 8.00 Å². The highest BCUT2D eigenvalue weighted by molar-refractivity contribution is 9.11. The molecule has 1 aromatic heterocycles. The average molecular weight is 223 g/mol. The van der Waals surface area contributed by atoms with E-state index in [4.69, 9.17) is 0 Å². The van der Waals surface area contributed by atoms with Crippen molar-refractivity contribution in [2.24, 2.45) is 0 Å². The summed E-state index contributed by atoms with van der Waals surface area (Å²) in [5.41, 5.74) is 0. The molecule has 0 saturated heterocycles. The molecule has 0 amide bonds. The minimum absolute atomic E-state index is 1.16. The van der Waals surface area contributed by atoms with Crippen molar-refractivity contribution in [3.05, 3.63) is 15.9 Å². The van der Waals surface area contributed by atoms with Gasteiger partial charge in [-0.3, -0.25) is 0 Å². The van der Waals surface area contributed by atoms with Crippen LogP contribution in [0.25, 0.3) is 0 Å². The van der Waals surface area contributed by atoms with E-state index >= 15 is 0 Å². The second-order valence-corrected chi connectivity index (χ2v) is 5.52. The second kappa shape index (κ2) is 3.64. The van der Waals surface area contributed by atoms with Crippen molar-refractivity contribution in [2.45, 2.75) is 11.1 Å². The van der Waals surface area contributed by atoms with E-state index in [9.17, 15) is 0 Å². The molecule has 50 valence electrons. The zero-order valence-electron chi connectivity index (χ0n) is 5.06. The van der Waals surface area contributed by atoms with Gasteiger partial charge in [-0.1, -0.05) is 6.92 Å². The van der Waals surface area contributed by atoms with E-state index in [1.54, 1.807) is 11.3 Å². The van der Waals surface area contributed by atoms with Crippen molar-refractivity contribution in [1.82, 2.24) is 0 Å². The van der Waals surface area contributed by atoms with Crippen LogP contribution in [-0.2, 0) is 0 Å². The summed E-state index contributed by atoms with van der Waals surface area (Å²) in [6.07, 6.45) is 0. The molecule has 3 heteroatoms. The Morgan fingerprint density at radius 1 is 1.67 bits per heavy atom. The Labute approximate surface area is 71.8 Å². The molecular formula is C6H7BrS2. The van der Waals surface area contributed by atoms with Crippen LogP contribution in [0.15, 0.2) is 20.1 Å². The van der Waals surface area contributed by atoms with Gasteiger partial charge in [0.1, 0.15) is 0 Å². The minimum atomic E-state index is 1.16. The minimum Gasteiger partial charge on any atom is -0.122 e. The summed E-state index contributed by atoms with van der Waals surface area (Å²) in [5.74, 6) is 1.16. The molecule has 0 saturated carbocycles. The van der Waals surface area contributed by atoms with Crippen LogP contribution < -0.4 is 0 Å². The summed E-state index contributed by atoms with van der Waals surface area (Å²) in [7, 11) is 0. The van der Waals surface area contributed by atoms with Crippen LogP contribution in [0.3, 0.4) is 0 Å². The second-order valence-electron chi connectivity index (χ2n) is 1.49. The van der Waals surface area contributed by atoms with Gasteiger partial charge in [0.15, 0.2) is 0 Å². The number of rotatable bonds is 2. The van der Waals surface area contributed by atoms with Gasteiger partial charge in [0.25, 0.3) is 0 Å². The van der Waals surface area contributed by atoms with E-state index in [2.05, 4.69) is 35.0 Å². The maximum atomic E-state index is 3.41. The van der Waals surface area contributed by atoms with Gasteiger partial charge in [-0.25, -0.2) is 0 Å². The largest absolute Gasteiger partial charge is 0.122 e. The molecule has 0 aliphatic heterocycles. The van der Waals surface area contributed by atoms with Gasteiger partial charge in [0.2, 0.25) is 0 Å². The normalized spacial score (nSPS) is 10.0. The van der Waals surface area contributed by atoms with Gasteiger partial charge in [-0.2, -0.15) is 0 Å². The summed E-state index contributed by atoms with van der Waals surface area (Å²) in [6.45, 7) is 2.16. The van der Waals surface area contributed by atoms with Gasteiger partial charge in [-0.15, -0.1) is 23.1 Å². The van der Waals surface area contributed by atoms with Gasteiger partial charge in [-0.05, 0) is 33.8 Å². The summed E-state index contributed by atoms with van der Waals surface area (Å²) < 4.78 is 2.61. The van der Waals surface area contributed by atoms with Crippen molar-refractivity contribution >= 4 is 39.0 Å². The first-order valence-corrected chi connectivity index (χ1v) is 5.30. The fourth-order valence-electron chi connectivity index (χ4n) is 0.518. The SMILES string of the molecule is CCSc1ccc(Br)s1. The molecule has 1 aromatic rings. The molecule has 0 aromatic carbocycles. The van der Waals surface area contributed by atoms with E-state index in [-0.39, 0.29) is 0 Å². The van der Waals surface area contributed by atoms with E-state index in [0.717, 1.165) is 5.75 Å². The Kier molecular flexibility index (Phi) is 3.09. The predicted octanol–water partition coefficient (Wildman–Crippen LogP) is 3.62. The lowest BCUT2D eigenvalue weighted by Crippen LogP contribution is -1.59. The quantitative estimate of drug-likeness (QED) is 0.690. The highest BCUT2D eigenvalue weighted by Gasteiger charge is 1.94. The van der Waals surface area contributed by atoms with Crippen LogP contribution >= 0.6 is 39.0 Å². The summed E-state index contributed by atoms with van der Waals surface area (Å²) in [6, 6.07) is 4.23. The zero-order valence-corrected chi connectivity index (χ0v) is 8.28. The van der Waals surface area contributed by atoms with Crippen LogP contribution in [-0.4, -0.2) is 5.75 Å². The Balaban J connectivity index is 2.61. The van der Waals surface area contributed by atoms with Crippen molar-refractivity contribution in [3.63, 3.8) is 0 Å². The van der Waals surface area contributed by atoms with Gasteiger partial charge < -0.3 is 0 Å². The number of thiophene rings is 1. The third-order valence-electron chi connectivity index (χ3n) is 0.835. The number of thioether (sulfide) groups is 1. The fourth-order valence-corrected chi connectivity index (χ4v) is 3.27. The topological polar surface area (TPSA) is 0 Å². The molecular weight excluding hydrogens is 216 g/mol. The molecule has 9 heavy (non-hydrogen) atoms. The Hall–Kier alpha value is 0.530. The Morgan fingerprint density at radius 3 is 2.89 bits per heavy atom. The molecule has 0 aliphatic rings. The molecule has 0 bridgehead atoms. The van der Waals surface area contributed by atoms with Crippen molar-refractivity contribution in [3.8, 4) is 0 Å². The van der Waals surface area contributed by atoms with Crippen LogP contribution in [0.4, 0.5) is 0 Å². The lowest BCUT2D eigenvalue weighted by atomic mass is 10.7. The van der Waals surface area contributed by atoms with Gasteiger partial charge in [0.05, 0.1) is 8.00 Å². The molecule has 0 N–H and O–H groups in total. The monoisotopic (exact) mass is 222 g/mol. The van der Waals surface area contributed by atoms with Crippen molar-refractivity contribution in [2.75, 3.05) is 5.75 Å². The standard InChI is InChI=1S/C6H7BrS2/c1-2-8-6-4-3-5(7)9-6/h3-4H,2H2,1H3. The average Bonchev–Trinajstić information content (AvgIpc) is 2.17. The van der Waals surface area contributed by atoms with Gasteiger partial charge in [0, 0.05) is 0 Å². The lowest BCUT2D eigenvalue weighted by Gasteiger charge is -1.86. The molecule has 0 nitrogen and oxygen atoms in total. The maximum absolute atomic E-state index is 3.41. The first-order valence-electron chi connectivity index (χ1n) is 2.71. The first kappa shape index (κ1) is 7.63. The van der Waals surface area contributed by atoms with Crippen LogP contribution in [0, 0.1) is 0 Å².